The quantitative estimate of drug-likeness (QED) is 0.643. The van der Waals surface area contributed by atoms with Gasteiger partial charge in [0.05, 0.1) is 20.8 Å². The Morgan fingerprint density at radius 1 is 0.880 bits per heavy atom. The Balaban J connectivity index is 2.38. The fourth-order valence-corrected chi connectivity index (χ4v) is 2.06. The van der Waals surface area contributed by atoms with Crippen molar-refractivity contribution in [1.29, 1.82) is 0 Å². The molecule has 1 amide bonds. The van der Waals surface area contributed by atoms with E-state index in [9.17, 15) is 35.1 Å². The Bertz CT molecular complexity index is 910. The minimum absolute atomic E-state index is 0.0648. The molecule has 11 heteroatoms. The van der Waals surface area contributed by atoms with Crippen LogP contribution in [0.1, 0.15) is 15.9 Å². The predicted octanol–water partition coefficient (Wildman–Crippen LogP) is 2.97. The van der Waals surface area contributed by atoms with Gasteiger partial charge in [-0.15, -0.1) is 0 Å². The van der Waals surface area contributed by atoms with Gasteiger partial charge in [-0.1, -0.05) is 6.07 Å². The molecule has 11 nitrogen and oxygen atoms in total. The molecule has 0 aromatic heterocycles. The van der Waals surface area contributed by atoms with E-state index in [0.29, 0.717) is 11.6 Å². The number of nitro groups is 3. The molecule has 0 saturated heterocycles. The van der Waals surface area contributed by atoms with Gasteiger partial charge < -0.3 is 5.32 Å². The van der Waals surface area contributed by atoms with Crippen LogP contribution in [-0.2, 0) is 0 Å². The van der Waals surface area contributed by atoms with Crippen molar-refractivity contribution in [2.45, 2.75) is 6.92 Å². The predicted molar refractivity (Wildman–Crippen MR) is 85.5 cm³/mol. The van der Waals surface area contributed by atoms with Crippen molar-refractivity contribution < 1.29 is 19.6 Å². The van der Waals surface area contributed by atoms with Gasteiger partial charge in [-0.3, -0.25) is 35.1 Å². The van der Waals surface area contributed by atoms with E-state index >= 15 is 0 Å². The molecule has 128 valence electrons. The normalized spacial score (nSPS) is 10.1. The van der Waals surface area contributed by atoms with Gasteiger partial charge in [0.25, 0.3) is 23.0 Å². The second kappa shape index (κ2) is 6.70. The Labute approximate surface area is 139 Å². The van der Waals surface area contributed by atoms with Gasteiger partial charge in [0, 0.05) is 23.4 Å². The zero-order valence-corrected chi connectivity index (χ0v) is 12.7. The number of aryl methyl sites for hydroxylation is 1. The van der Waals surface area contributed by atoms with Gasteiger partial charge >= 0.3 is 0 Å². The van der Waals surface area contributed by atoms with Crippen LogP contribution in [-0.4, -0.2) is 20.7 Å². The average molecular weight is 346 g/mol. The number of rotatable bonds is 5. The first-order valence-corrected chi connectivity index (χ1v) is 6.70. The van der Waals surface area contributed by atoms with Crippen LogP contribution in [0, 0.1) is 37.3 Å². The van der Waals surface area contributed by atoms with Crippen molar-refractivity contribution in [2.24, 2.45) is 0 Å². The summed E-state index contributed by atoms with van der Waals surface area (Å²) in [5.41, 5.74) is -1.46. The van der Waals surface area contributed by atoms with Crippen molar-refractivity contribution in [1.82, 2.24) is 0 Å². The number of hydrogen-bond donors (Lipinski definition) is 1. The number of amides is 1. The highest BCUT2D eigenvalue weighted by molar-refractivity contribution is 6.07. The van der Waals surface area contributed by atoms with E-state index in [0.717, 1.165) is 18.2 Å². The first kappa shape index (κ1) is 17.5. The summed E-state index contributed by atoms with van der Waals surface area (Å²) >= 11 is 0. The van der Waals surface area contributed by atoms with Gasteiger partial charge in [-0.05, 0) is 19.1 Å². The Kier molecular flexibility index (Phi) is 4.68. The molecule has 0 fully saturated rings. The van der Waals surface area contributed by atoms with Gasteiger partial charge in [0.15, 0.2) is 0 Å². The third-order valence-electron chi connectivity index (χ3n) is 3.30. The van der Waals surface area contributed by atoms with E-state index in [1.165, 1.54) is 19.1 Å². The largest absolute Gasteiger partial charge is 0.322 e. The summed E-state index contributed by atoms with van der Waals surface area (Å²) < 4.78 is 0. The smallest absolute Gasteiger partial charge is 0.289 e. The van der Waals surface area contributed by atoms with Crippen LogP contribution in [0.25, 0.3) is 0 Å². The lowest BCUT2D eigenvalue weighted by Crippen LogP contribution is -2.14. The topological polar surface area (TPSA) is 159 Å². The van der Waals surface area contributed by atoms with Crippen molar-refractivity contribution in [3.63, 3.8) is 0 Å². The van der Waals surface area contributed by atoms with Crippen molar-refractivity contribution in [2.75, 3.05) is 5.32 Å². The number of carbonyl (C=O) groups excluding carboxylic acids is 1. The number of benzene rings is 2. The van der Waals surface area contributed by atoms with Gasteiger partial charge in [0.1, 0.15) is 5.56 Å². The minimum Gasteiger partial charge on any atom is -0.322 e. The summed E-state index contributed by atoms with van der Waals surface area (Å²) in [6, 6.07) is 6.51. The second-order valence-electron chi connectivity index (χ2n) is 4.93. The molecule has 0 heterocycles. The van der Waals surface area contributed by atoms with Gasteiger partial charge in [0.2, 0.25) is 0 Å². The Morgan fingerprint density at radius 2 is 1.52 bits per heavy atom. The molecule has 0 bridgehead atoms. The molecule has 0 aliphatic rings. The van der Waals surface area contributed by atoms with Crippen LogP contribution in [0.5, 0.6) is 0 Å². The molecule has 0 saturated carbocycles. The van der Waals surface area contributed by atoms with Crippen LogP contribution >= 0.6 is 0 Å². The van der Waals surface area contributed by atoms with Crippen LogP contribution in [0.4, 0.5) is 22.7 Å². The zero-order chi connectivity index (χ0) is 18.7. The SMILES string of the molecule is Cc1ccc(NC(=O)c2ccc([N+](=O)[O-])cc2[N+](=O)[O-])cc1[N+](=O)[O-]. The Hall–Kier alpha value is -3.89. The van der Waals surface area contributed by atoms with E-state index < -0.39 is 37.6 Å². The highest BCUT2D eigenvalue weighted by atomic mass is 16.6. The van der Waals surface area contributed by atoms with Crippen LogP contribution in [0.15, 0.2) is 36.4 Å². The Morgan fingerprint density at radius 3 is 2.08 bits per heavy atom. The van der Waals surface area contributed by atoms with Crippen molar-refractivity contribution in [3.8, 4) is 0 Å². The molecule has 0 aliphatic carbocycles. The lowest BCUT2D eigenvalue weighted by Gasteiger charge is -2.07. The lowest BCUT2D eigenvalue weighted by molar-refractivity contribution is -0.394. The first-order chi connectivity index (χ1) is 11.7. The molecule has 0 spiro atoms. The molecule has 0 radical (unpaired) electrons. The fraction of sp³-hybridized carbons (Fsp3) is 0.0714. The molecule has 2 aromatic carbocycles. The maximum atomic E-state index is 12.2. The fourth-order valence-electron chi connectivity index (χ4n) is 2.06. The standard InChI is InChI=1S/C14H10N4O7/c1-8-2-3-9(6-12(8)17(22)23)15-14(19)11-5-4-10(16(20)21)7-13(11)18(24)25/h2-7H,1H3,(H,15,19). The summed E-state index contributed by atoms with van der Waals surface area (Å²) in [6.07, 6.45) is 0. The maximum absolute atomic E-state index is 12.2. The summed E-state index contributed by atoms with van der Waals surface area (Å²) in [7, 11) is 0. The molecule has 0 aliphatic heterocycles. The molecule has 0 unspecified atom stereocenters. The van der Waals surface area contributed by atoms with E-state index in [1.807, 2.05) is 0 Å². The number of anilines is 1. The maximum Gasteiger partial charge on any atom is 0.289 e. The summed E-state index contributed by atoms with van der Waals surface area (Å²) in [5.74, 6) is -0.917. The summed E-state index contributed by atoms with van der Waals surface area (Å²) in [6.45, 7) is 1.52. The van der Waals surface area contributed by atoms with Crippen molar-refractivity contribution >= 4 is 28.7 Å². The average Bonchev–Trinajstić information content (AvgIpc) is 2.55. The molecule has 0 atom stereocenters. The molecule has 25 heavy (non-hydrogen) atoms. The lowest BCUT2D eigenvalue weighted by atomic mass is 10.1. The molecular formula is C14H10N4O7. The van der Waals surface area contributed by atoms with Gasteiger partial charge in [-0.25, -0.2) is 0 Å². The van der Waals surface area contributed by atoms with Crippen LogP contribution < -0.4 is 5.32 Å². The highest BCUT2D eigenvalue weighted by Crippen LogP contribution is 2.27. The third-order valence-corrected chi connectivity index (χ3v) is 3.30. The molecule has 1 N–H and O–H groups in total. The second-order valence-corrected chi connectivity index (χ2v) is 4.93. The number of carbonyl (C=O) groups is 1. The molecule has 2 aromatic rings. The molecular weight excluding hydrogens is 336 g/mol. The summed E-state index contributed by atoms with van der Waals surface area (Å²) in [5, 5.41) is 35.0. The van der Waals surface area contributed by atoms with E-state index in [4.69, 9.17) is 0 Å². The number of nitrogens with zero attached hydrogens (tertiary/aromatic N) is 3. The highest BCUT2D eigenvalue weighted by Gasteiger charge is 2.24. The van der Waals surface area contributed by atoms with E-state index in [-0.39, 0.29) is 11.4 Å². The van der Waals surface area contributed by atoms with Crippen molar-refractivity contribution in [3.05, 3.63) is 77.9 Å². The number of hydrogen-bond acceptors (Lipinski definition) is 7. The number of nitro benzene ring substituents is 3. The van der Waals surface area contributed by atoms with Gasteiger partial charge in [-0.2, -0.15) is 0 Å². The van der Waals surface area contributed by atoms with Crippen LogP contribution in [0.2, 0.25) is 0 Å². The summed E-state index contributed by atoms with van der Waals surface area (Å²) in [4.78, 5) is 42.5. The number of non-ortho nitro benzene ring substituents is 1. The number of nitrogens with one attached hydrogen (secondary N) is 1. The van der Waals surface area contributed by atoms with Crippen LogP contribution in [0.3, 0.4) is 0 Å². The van der Waals surface area contributed by atoms with E-state index in [2.05, 4.69) is 5.32 Å². The zero-order valence-electron chi connectivity index (χ0n) is 12.7. The molecule has 2 rings (SSSR count). The third kappa shape index (κ3) is 3.72. The first-order valence-electron chi connectivity index (χ1n) is 6.70. The minimum atomic E-state index is -0.917. The van der Waals surface area contributed by atoms with E-state index in [1.54, 1.807) is 0 Å². The monoisotopic (exact) mass is 346 g/mol.